The molecule has 5 aromatic rings. The van der Waals surface area contributed by atoms with Crippen molar-refractivity contribution in [3.8, 4) is 17.0 Å². The molecule has 3 nitrogen and oxygen atoms in total. The fourth-order valence-electron chi connectivity index (χ4n) is 4.82. The predicted molar refractivity (Wildman–Crippen MR) is 115 cm³/mol. The number of phenolic OH excluding ortho intramolecular Hbond substituents is 1. The Balaban J connectivity index is 1.76. The van der Waals surface area contributed by atoms with Crippen molar-refractivity contribution in [2.45, 2.75) is 25.7 Å². The molecule has 2 heterocycles. The molecule has 28 heavy (non-hydrogen) atoms. The van der Waals surface area contributed by atoms with Gasteiger partial charge >= 0.3 is 0 Å². The average molecular weight is 364 g/mol. The van der Waals surface area contributed by atoms with E-state index in [2.05, 4.69) is 41.4 Å². The van der Waals surface area contributed by atoms with E-state index < -0.39 is 0 Å². The van der Waals surface area contributed by atoms with E-state index in [9.17, 15) is 5.11 Å². The molecule has 6 rings (SSSR count). The van der Waals surface area contributed by atoms with Crippen LogP contribution in [0.2, 0.25) is 0 Å². The molecule has 1 aliphatic rings. The van der Waals surface area contributed by atoms with Crippen molar-refractivity contribution in [1.29, 1.82) is 0 Å². The van der Waals surface area contributed by atoms with E-state index in [0.717, 1.165) is 29.6 Å². The molecular formula is C25H20N2O. The first-order valence-electron chi connectivity index (χ1n) is 9.94. The number of hydrogen-bond donors (Lipinski definition) is 2. The van der Waals surface area contributed by atoms with E-state index in [0.29, 0.717) is 5.75 Å². The third-order valence-electron chi connectivity index (χ3n) is 6.08. The Kier molecular flexibility index (Phi) is 3.27. The molecule has 0 aliphatic heterocycles. The Hall–Kier alpha value is -3.33. The van der Waals surface area contributed by atoms with E-state index in [-0.39, 0.29) is 0 Å². The van der Waals surface area contributed by atoms with E-state index in [4.69, 9.17) is 4.98 Å². The highest BCUT2D eigenvalue weighted by atomic mass is 16.3. The van der Waals surface area contributed by atoms with Gasteiger partial charge in [-0.15, -0.1) is 0 Å². The van der Waals surface area contributed by atoms with Crippen LogP contribution in [0.3, 0.4) is 0 Å². The molecular weight excluding hydrogens is 344 g/mol. The van der Waals surface area contributed by atoms with Gasteiger partial charge in [0.1, 0.15) is 5.75 Å². The highest BCUT2D eigenvalue weighted by Crippen LogP contribution is 2.40. The number of aromatic amines is 1. The zero-order chi connectivity index (χ0) is 18.7. The summed E-state index contributed by atoms with van der Waals surface area (Å²) < 4.78 is 0. The van der Waals surface area contributed by atoms with Gasteiger partial charge in [-0.05, 0) is 79.3 Å². The summed E-state index contributed by atoms with van der Waals surface area (Å²) in [5, 5.41) is 13.6. The maximum absolute atomic E-state index is 9.69. The summed E-state index contributed by atoms with van der Waals surface area (Å²) in [4.78, 5) is 8.70. The third-order valence-corrected chi connectivity index (χ3v) is 6.08. The minimum absolute atomic E-state index is 0.291. The van der Waals surface area contributed by atoms with Gasteiger partial charge < -0.3 is 10.1 Å². The first-order chi connectivity index (χ1) is 13.8. The quantitative estimate of drug-likeness (QED) is 0.376. The van der Waals surface area contributed by atoms with Crippen LogP contribution in [0.25, 0.3) is 44.0 Å². The second-order valence-electron chi connectivity index (χ2n) is 7.72. The Labute approximate surface area is 162 Å². The van der Waals surface area contributed by atoms with Crippen LogP contribution in [-0.2, 0) is 12.8 Å². The van der Waals surface area contributed by atoms with Crippen LogP contribution in [0.4, 0.5) is 0 Å². The third kappa shape index (κ3) is 2.19. The largest absolute Gasteiger partial charge is 0.508 e. The lowest BCUT2D eigenvalue weighted by atomic mass is 9.85. The number of aromatic hydroxyl groups is 1. The lowest BCUT2D eigenvalue weighted by molar-refractivity contribution is 0.475. The predicted octanol–water partition coefficient (Wildman–Crippen LogP) is 6.12. The van der Waals surface area contributed by atoms with Crippen LogP contribution in [-0.4, -0.2) is 15.1 Å². The number of aromatic nitrogens is 2. The lowest BCUT2D eigenvalue weighted by Crippen LogP contribution is -2.07. The normalized spacial score (nSPS) is 14.0. The molecule has 0 unspecified atom stereocenters. The Morgan fingerprint density at radius 1 is 0.750 bits per heavy atom. The number of para-hydroxylation sites is 1. The summed E-state index contributed by atoms with van der Waals surface area (Å²) in [6, 6.07) is 20.3. The summed E-state index contributed by atoms with van der Waals surface area (Å²) in [6.45, 7) is 0. The maximum atomic E-state index is 9.69. The molecule has 0 radical (unpaired) electrons. The zero-order valence-corrected chi connectivity index (χ0v) is 15.5. The molecule has 136 valence electrons. The maximum Gasteiger partial charge on any atom is 0.115 e. The van der Waals surface area contributed by atoms with Gasteiger partial charge in [-0.1, -0.05) is 18.2 Å². The van der Waals surface area contributed by atoms with Gasteiger partial charge in [0.25, 0.3) is 0 Å². The van der Waals surface area contributed by atoms with Gasteiger partial charge in [0.05, 0.1) is 11.2 Å². The van der Waals surface area contributed by atoms with Gasteiger partial charge in [-0.3, -0.25) is 0 Å². The molecule has 0 spiro atoms. The summed E-state index contributed by atoms with van der Waals surface area (Å²) in [6.07, 6.45) is 4.58. The van der Waals surface area contributed by atoms with Crippen molar-refractivity contribution in [2.24, 2.45) is 0 Å². The molecule has 2 N–H and O–H groups in total. The van der Waals surface area contributed by atoms with Gasteiger partial charge in [-0.25, -0.2) is 4.98 Å². The van der Waals surface area contributed by atoms with Gasteiger partial charge in [-0.2, -0.15) is 0 Å². The van der Waals surface area contributed by atoms with Crippen LogP contribution in [0.5, 0.6) is 5.75 Å². The Morgan fingerprint density at radius 3 is 2.39 bits per heavy atom. The fourth-order valence-corrected chi connectivity index (χ4v) is 4.82. The summed E-state index contributed by atoms with van der Waals surface area (Å²) in [5.41, 5.74) is 8.40. The van der Waals surface area contributed by atoms with Gasteiger partial charge in [0, 0.05) is 32.8 Å². The van der Waals surface area contributed by atoms with Crippen molar-refractivity contribution in [2.75, 3.05) is 0 Å². The van der Waals surface area contributed by atoms with Gasteiger partial charge in [0.2, 0.25) is 0 Å². The number of phenols is 1. The highest BCUT2D eigenvalue weighted by Gasteiger charge is 2.22. The highest BCUT2D eigenvalue weighted by molar-refractivity contribution is 6.21. The monoisotopic (exact) mass is 364 g/mol. The SMILES string of the molecule is Oc1ccc(-c2nc3ccc4[nH]c5ccccc5c4c3c3c2CCCC3)cc1. The second-order valence-corrected chi connectivity index (χ2v) is 7.72. The van der Waals surface area contributed by atoms with Gasteiger partial charge in [0.15, 0.2) is 0 Å². The number of aryl methyl sites for hydroxylation is 1. The number of nitrogens with one attached hydrogen (secondary N) is 1. The topological polar surface area (TPSA) is 48.9 Å². The smallest absolute Gasteiger partial charge is 0.115 e. The first kappa shape index (κ1) is 15.7. The number of hydrogen-bond acceptors (Lipinski definition) is 2. The molecule has 3 aromatic carbocycles. The van der Waals surface area contributed by atoms with E-state index in [1.807, 2.05) is 12.1 Å². The Bertz CT molecular complexity index is 1360. The zero-order valence-electron chi connectivity index (χ0n) is 15.5. The number of benzene rings is 3. The minimum atomic E-state index is 0.291. The number of rotatable bonds is 1. The van der Waals surface area contributed by atoms with Crippen molar-refractivity contribution in [3.63, 3.8) is 0 Å². The molecule has 0 saturated heterocycles. The first-order valence-corrected chi connectivity index (χ1v) is 9.94. The molecule has 0 amide bonds. The van der Waals surface area contributed by atoms with Crippen molar-refractivity contribution in [1.82, 2.24) is 9.97 Å². The molecule has 1 aliphatic carbocycles. The van der Waals surface area contributed by atoms with E-state index in [1.54, 1.807) is 12.1 Å². The molecule has 0 bridgehead atoms. The van der Waals surface area contributed by atoms with Crippen LogP contribution in [0.1, 0.15) is 24.0 Å². The number of H-pyrrole nitrogens is 1. The van der Waals surface area contributed by atoms with Crippen LogP contribution >= 0.6 is 0 Å². The van der Waals surface area contributed by atoms with E-state index in [1.165, 1.54) is 51.2 Å². The molecule has 2 aromatic heterocycles. The van der Waals surface area contributed by atoms with Crippen LogP contribution < -0.4 is 0 Å². The van der Waals surface area contributed by atoms with Crippen molar-refractivity contribution in [3.05, 3.63) is 71.8 Å². The number of pyridine rings is 1. The van der Waals surface area contributed by atoms with Crippen molar-refractivity contribution >= 4 is 32.7 Å². The fraction of sp³-hybridized carbons (Fsp3) is 0.160. The summed E-state index contributed by atoms with van der Waals surface area (Å²) in [5.74, 6) is 0.291. The van der Waals surface area contributed by atoms with E-state index >= 15 is 0 Å². The molecule has 0 saturated carbocycles. The van der Waals surface area contributed by atoms with Crippen LogP contribution in [0, 0.1) is 0 Å². The standard InChI is InChI=1S/C25H20N2O/c28-16-11-9-15(10-12-16)25-18-6-2-1-5-17(18)23-22(27-25)14-13-21-24(23)19-7-3-4-8-20(19)26-21/h3-4,7-14,26,28H,1-2,5-6H2. The lowest BCUT2D eigenvalue weighted by Gasteiger charge is -2.22. The minimum Gasteiger partial charge on any atom is -0.508 e. The Morgan fingerprint density at radius 2 is 1.54 bits per heavy atom. The summed E-state index contributed by atoms with van der Waals surface area (Å²) >= 11 is 0. The molecule has 0 fully saturated rings. The van der Waals surface area contributed by atoms with Crippen molar-refractivity contribution < 1.29 is 5.11 Å². The molecule has 3 heteroatoms. The number of nitrogens with zero attached hydrogens (tertiary/aromatic N) is 1. The second kappa shape index (κ2) is 5.83. The summed E-state index contributed by atoms with van der Waals surface area (Å²) in [7, 11) is 0. The average Bonchev–Trinajstić information content (AvgIpc) is 3.12. The number of fused-ring (bicyclic) bond motifs is 7. The molecule has 0 atom stereocenters. The van der Waals surface area contributed by atoms with Crippen LogP contribution in [0.15, 0.2) is 60.7 Å².